The smallest absolute Gasteiger partial charge is 0.0739 e. The first-order valence-electron chi connectivity index (χ1n) is 7.78. The van der Waals surface area contributed by atoms with Crippen LogP contribution in [0.3, 0.4) is 0 Å². The third-order valence-corrected chi connectivity index (χ3v) is 5.50. The van der Waals surface area contributed by atoms with E-state index in [1.807, 2.05) is 0 Å². The summed E-state index contributed by atoms with van der Waals surface area (Å²) in [5.74, 6) is 0. The zero-order valence-electron chi connectivity index (χ0n) is 12.9. The minimum Gasteiger partial charge on any atom is -0.328 e. The Morgan fingerprint density at radius 1 is 1.30 bits per heavy atom. The lowest BCUT2D eigenvalue weighted by molar-refractivity contribution is 0.145. The van der Waals surface area contributed by atoms with E-state index < -0.39 is 0 Å². The SMILES string of the molecule is CCN(Cc1c(Br)c(C)nn1CC)C1CCC(N)CC1. The molecule has 0 atom stereocenters. The summed E-state index contributed by atoms with van der Waals surface area (Å²) in [4.78, 5) is 2.58. The lowest BCUT2D eigenvalue weighted by atomic mass is 9.90. The van der Waals surface area contributed by atoms with Crippen LogP contribution in [0.15, 0.2) is 4.47 Å². The molecule has 2 N–H and O–H groups in total. The summed E-state index contributed by atoms with van der Waals surface area (Å²) >= 11 is 3.70. The largest absolute Gasteiger partial charge is 0.328 e. The van der Waals surface area contributed by atoms with Gasteiger partial charge in [0.1, 0.15) is 0 Å². The average molecular weight is 343 g/mol. The molecule has 1 aliphatic rings. The topological polar surface area (TPSA) is 47.1 Å². The molecule has 0 saturated heterocycles. The van der Waals surface area contributed by atoms with Gasteiger partial charge in [0.15, 0.2) is 0 Å². The molecule has 0 bridgehead atoms. The van der Waals surface area contributed by atoms with Gasteiger partial charge in [-0.15, -0.1) is 0 Å². The number of nitrogens with zero attached hydrogens (tertiary/aromatic N) is 3. The summed E-state index contributed by atoms with van der Waals surface area (Å²) in [6.45, 7) is 9.46. The first-order valence-corrected chi connectivity index (χ1v) is 8.57. The lowest BCUT2D eigenvalue weighted by Crippen LogP contribution is -2.40. The van der Waals surface area contributed by atoms with Crippen LogP contribution in [0.5, 0.6) is 0 Å². The van der Waals surface area contributed by atoms with Crippen molar-refractivity contribution >= 4 is 15.9 Å². The maximum atomic E-state index is 6.02. The normalized spacial score (nSPS) is 23.5. The summed E-state index contributed by atoms with van der Waals surface area (Å²) in [6.07, 6.45) is 4.78. The number of aromatic nitrogens is 2. The molecule has 2 rings (SSSR count). The number of rotatable bonds is 5. The van der Waals surface area contributed by atoms with Crippen molar-refractivity contribution in [2.75, 3.05) is 6.54 Å². The predicted octanol–water partition coefficient (Wildman–Crippen LogP) is 3.07. The van der Waals surface area contributed by atoms with Crippen LogP contribution < -0.4 is 5.73 Å². The van der Waals surface area contributed by atoms with E-state index in [1.165, 1.54) is 23.0 Å². The fourth-order valence-corrected chi connectivity index (χ4v) is 3.59. The van der Waals surface area contributed by atoms with E-state index in [0.29, 0.717) is 12.1 Å². The molecule has 0 spiro atoms. The van der Waals surface area contributed by atoms with E-state index in [2.05, 4.69) is 51.4 Å². The first kappa shape index (κ1) is 16.0. The minimum absolute atomic E-state index is 0.417. The average Bonchev–Trinajstić information content (AvgIpc) is 2.73. The highest BCUT2D eigenvalue weighted by Gasteiger charge is 2.25. The number of hydrogen-bond acceptors (Lipinski definition) is 3. The molecule has 114 valence electrons. The van der Waals surface area contributed by atoms with Gasteiger partial charge in [-0.2, -0.15) is 5.10 Å². The highest BCUT2D eigenvalue weighted by atomic mass is 79.9. The van der Waals surface area contributed by atoms with Gasteiger partial charge < -0.3 is 5.73 Å². The van der Waals surface area contributed by atoms with Crippen LogP contribution in [0, 0.1) is 6.92 Å². The summed E-state index contributed by atoms with van der Waals surface area (Å²) in [5, 5.41) is 4.60. The maximum absolute atomic E-state index is 6.02. The van der Waals surface area contributed by atoms with Gasteiger partial charge in [0, 0.05) is 25.2 Å². The van der Waals surface area contributed by atoms with Gasteiger partial charge in [-0.1, -0.05) is 6.92 Å². The Kier molecular flexibility index (Phi) is 5.64. The van der Waals surface area contributed by atoms with Crippen LogP contribution in [0.2, 0.25) is 0 Å². The Morgan fingerprint density at radius 2 is 1.95 bits per heavy atom. The van der Waals surface area contributed by atoms with Crippen molar-refractivity contribution in [3.8, 4) is 0 Å². The summed E-state index contributed by atoms with van der Waals surface area (Å²) in [5.41, 5.74) is 8.42. The lowest BCUT2D eigenvalue weighted by Gasteiger charge is -2.35. The Balaban J connectivity index is 2.10. The molecule has 1 fully saturated rings. The third kappa shape index (κ3) is 3.43. The van der Waals surface area contributed by atoms with Gasteiger partial charge in [0.2, 0.25) is 0 Å². The van der Waals surface area contributed by atoms with Crippen molar-refractivity contribution in [2.24, 2.45) is 5.73 Å². The number of halogens is 1. The molecular formula is C15H27BrN4. The van der Waals surface area contributed by atoms with Crippen LogP contribution in [-0.2, 0) is 13.1 Å². The second-order valence-electron chi connectivity index (χ2n) is 5.79. The molecule has 1 heterocycles. The molecule has 4 nitrogen and oxygen atoms in total. The van der Waals surface area contributed by atoms with E-state index in [1.54, 1.807) is 0 Å². The minimum atomic E-state index is 0.417. The molecule has 0 unspecified atom stereocenters. The maximum Gasteiger partial charge on any atom is 0.0739 e. The van der Waals surface area contributed by atoms with Gasteiger partial charge in [0.05, 0.1) is 15.9 Å². The highest BCUT2D eigenvalue weighted by molar-refractivity contribution is 9.10. The fourth-order valence-electron chi connectivity index (χ4n) is 3.18. The number of nitrogens with two attached hydrogens (primary N) is 1. The number of aryl methyl sites for hydroxylation is 2. The highest BCUT2D eigenvalue weighted by Crippen LogP contribution is 2.27. The Labute approximate surface area is 130 Å². The van der Waals surface area contributed by atoms with Crippen molar-refractivity contribution in [3.63, 3.8) is 0 Å². The van der Waals surface area contributed by atoms with Crippen molar-refractivity contribution in [1.82, 2.24) is 14.7 Å². The van der Waals surface area contributed by atoms with Crippen LogP contribution in [0.4, 0.5) is 0 Å². The molecule has 1 aliphatic carbocycles. The molecule has 1 saturated carbocycles. The standard InChI is InChI=1S/C15H27BrN4/c1-4-19(13-8-6-12(17)7-9-13)10-14-15(16)11(3)18-20(14)5-2/h12-13H,4-10,17H2,1-3H3. The molecule has 1 aromatic heterocycles. The third-order valence-electron chi connectivity index (χ3n) is 4.47. The van der Waals surface area contributed by atoms with E-state index in [4.69, 9.17) is 5.73 Å². The van der Waals surface area contributed by atoms with Crippen LogP contribution in [-0.4, -0.2) is 33.3 Å². The van der Waals surface area contributed by atoms with E-state index >= 15 is 0 Å². The van der Waals surface area contributed by atoms with E-state index in [9.17, 15) is 0 Å². The Hall–Kier alpha value is -0.390. The van der Waals surface area contributed by atoms with Crippen molar-refractivity contribution in [3.05, 3.63) is 15.9 Å². The van der Waals surface area contributed by atoms with E-state index in [0.717, 1.165) is 38.2 Å². The first-order chi connectivity index (χ1) is 9.56. The van der Waals surface area contributed by atoms with Crippen molar-refractivity contribution in [1.29, 1.82) is 0 Å². The Bertz CT molecular complexity index is 435. The molecule has 20 heavy (non-hydrogen) atoms. The molecule has 0 aromatic carbocycles. The molecule has 1 aromatic rings. The zero-order chi connectivity index (χ0) is 14.7. The van der Waals surface area contributed by atoms with Crippen LogP contribution in [0.25, 0.3) is 0 Å². The summed E-state index contributed by atoms with van der Waals surface area (Å²) in [7, 11) is 0. The molecule has 0 aliphatic heterocycles. The predicted molar refractivity (Wildman–Crippen MR) is 86.7 cm³/mol. The zero-order valence-corrected chi connectivity index (χ0v) is 14.5. The molecule has 0 radical (unpaired) electrons. The van der Waals surface area contributed by atoms with Gasteiger partial charge >= 0.3 is 0 Å². The molecular weight excluding hydrogens is 316 g/mol. The van der Waals surface area contributed by atoms with Crippen LogP contribution in [0.1, 0.15) is 50.9 Å². The fraction of sp³-hybridized carbons (Fsp3) is 0.800. The van der Waals surface area contributed by atoms with Crippen molar-refractivity contribution in [2.45, 2.75) is 71.6 Å². The van der Waals surface area contributed by atoms with Gasteiger partial charge in [0.25, 0.3) is 0 Å². The van der Waals surface area contributed by atoms with E-state index in [-0.39, 0.29) is 0 Å². The number of hydrogen-bond donors (Lipinski definition) is 1. The van der Waals surface area contributed by atoms with Gasteiger partial charge in [-0.25, -0.2) is 0 Å². The second kappa shape index (κ2) is 7.05. The Morgan fingerprint density at radius 3 is 2.50 bits per heavy atom. The monoisotopic (exact) mass is 342 g/mol. The van der Waals surface area contributed by atoms with Gasteiger partial charge in [-0.3, -0.25) is 9.58 Å². The van der Waals surface area contributed by atoms with Gasteiger partial charge in [-0.05, 0) is 62.0 Å². The summed E-state index contributed by atoms with van der Waals surface area (Å²) < 4.78 is 3.29. The van der Waals surface area contributed by atoms with Crippen LogP contribution >= 0.6 is 15.9 Å². The quantitative estimate of drug-likeness (QED) is 0.894. The summed E-state index contributed by atoms with van der Waals surface area (Å²) in [6, 6.07) is 1.09. The second-order valence-corrected chi connectivity index (χ2v) is 6.59. The van der Waals surface area contributed by atoms with Crippen molar-refractivity contribution < 1.29 is 0 Å². The molecule has 0 amide bonds. The molecule has 5 heteroatoms.